The molecule has 4 aliphatic carbocycles. The molecule has 4 saturated carbocycles. The van der Waals surface area contributed by atoms with Crippen LogP contribution in [-0.4, -0.2) is 37.0 Å². The fraction of sp³-hybridized carbons (Fsp3) is 0.812. The van der Waals surface area contributed by atoms with E-state index in [0.717, 1.165) is 23.7 Å². The highest BCUT2D eigenvalue weighted by atomic mass is 16.2. The first kappa shape index (κ1) is 13.2. The van der Waals surface area contributed by atoms with Crippen LogP contribution in [0.4, 0.5) is 0 Å². The summed E-state index contributed by atoms with van der Waals surface area (Å²) in [7, 11) is 2.02. The van der Waals surface area contributed by atoms with Crippen LogP contribution in [0.25, 0.3) is 0 Å². The van der Waals surface area contributed by atoms with Gasteiger partial charge in [-0.1, -0.05) is 6.08 Å². The summed E-state index contributed by atoms with van der Waals surface area (Å²) in [6, 6.07) is 0.519. The first-order valence-corrected chi connectivity index (χ1v) is 7.76. The lowest BCUT2D eigenvalue weighted by molar-refractivity contribution is -0.140. The van der Waals surface area contributed by atoms with Crippen molar-refractivity contribution in [1.29, 1.82) is 0 Å². The predicted molar refractivity (Wildman–Crippen MR) is 76.7 cm³/mol. The van der Waals surface area contributed by atoms with Crippen LogP contribution in [0.5, 0.6) is 0 Å². The van der Waals surface area contributed by atoms with Crippen LogP contribution in [0.3, 0.4) is 0 Å². The summed E-state index contributed by atoms with van der Waals surface area (Å²) in [5, 5.41) is 3.13. The van der Waals surface area contributed by atoms with E-state index in [4.69, 9.17) is 0 Å². The van der Waals surface area contributed by atoms with Gasteiger partial charge in [0, 0.05) is 19.6 Å². The van der Waals surface area contributed by atoms with E-state index in [1.54, 1.807) is 6.08 Å². The molecule has 0 spiro atoms. The molecule has 0 unspecified atom stereocenters. The predicted octanol–water partition coefficient (Wildman–Crippen LogP) is 2.05. The molecule has 0 heterocycles. The molecule has 4 aliphatic rings. The Hall–Kier alpha value is -0.830. The number of hydrogen-bond acceptors (Lipinski definition) is 2. The zero-order valence-electron chi connectivity index (χ0n) is 12.0. The molecule has 0 aromatic carbocycles. The van der Waals surface area contributed by atoms with Crippen molar-refractivity contribution in [3.05, 3.63) is 12.7 Å². The molecule has 3 nitrogen and oxygen atoms in total. The van der Waals surface area contributed by atoms with E-state index in [0.29, 0.717) is 19.1 Å². The van der Waals surface area contributed by atoms with Gasteiger partial charge in [-0.25, -0.2) is 0 Å². The van der Waals surface area contributed by atoms with Gasteiger partial charge in [0.15, 0.2) is 0 Å². The van der Waals surface area contributed by atoms with Gasteiger partial charge >= 0.3 is 0 Å². The quantitative estimate of drug-likeness (QED) is 0.607. The molecule has 0 atom stereocenters. The third kappa shape index (κ3) is 2.45. The molecule has 0 radical (unpaired) electrons. The van der Waals surface area contributed by atoms with Crippen LogP contribution in [0, 0.1) is 23.7 Å². The largest absolute Gasteiger partial charge is 0.341 e. The van der Waals surface area contributed by atoms with Crippen molar-refractivity contribution in [2.45, 2.75) is 38.1 Å². The van der Waals surface area contributed by atoms with Gasteiger partial charge in [-0.2, -0.15) is 0 Å². The minimum Gasteiger partial charge on any atom is -0.341 e. The lowest BCUT2D eigenvalue weighted by Gasteiger charge is -2.56. The lowest BCUT2D eigenvalue weighted by Crippen LogP contribution is -2.57. The highest BCUT2D eigenvalue weighted by Crippen LogP contribution is 2.54. The molecule has 106 valence electrons. The summed E-state index contributed by atoms with van der Waals surface area (Å²) in [5.74, 6) is 3.76. The van der Waals surface area contributed by atoms with Crippen molar-refractivity contribution in [2.75, 3.05) is 20.1 Å². The third-order valence-electron chi connectivity index (χ3n) is 5.58. The number of carbonyl (C=O) groups excluding carboxylic acids is 1. The Morgan fingerprint density at radius 1 is 1.21 bits per heavy atom. The van der Waals surface area contributed by atoms with Crippen LogP contribution in [0.15, 0.2) is 12.7 Å². The highest BCUT2D eigenvalue weighted by Gasteiger charge is 2.50. The molecule has 0 aromatic rings. The van der Waals surface area contributed by atoms with E-state index in [-0.39, 0.29) is 5.91 Å². The van der Waals surface area contributed by atoms with Gasteiger partial charge in [0.2, 0.25) is 5.91 Å². The highest BCUT2D eigenvalue weighted by molar-refractivity contribution is 5.78. The van der Waals surface area contributed by atoms with Crippen LogP contribution < -0.4 is 5.32 Å². The Kier molecular flexibility index (Phi) is 3.66. The Balaban J connectivity index is 1.62. The molecule has 4 fully saturated rings. The minimum absolute atomic E-state index is 0.249. The van der Waals surface area contributed by atoms with Gasteiger partial charge in [-0.05, 0) is 55.8 Å². The van der Waals surface area contributed by atoms with Crippen LogP contribution in [0.2, 0.25) is 0 Å². The van der Waals surface area contributed by atoms with Crippen molar-refractivity contribution in [2.24, 2.45) is 23.7 Å². The van der Waals surface area contributed by atoms with E-state index in [9.17, 15) is 4.79 Å². The van der Waals surface area contributed by atoms with Gasteiger partial charge in [0.25, 0.3) is 0 Å². The number of carbonyl (C=O) groups is 1. The van der Waals surface area contributed by atoms with Gasteiger partial charge < -0.3 is 10.2 Å². The number of amides is 1. The minimum atomic E-state index is 0.249. The van der Waals surface area contributed by atoms with Crippen LogP contribution >= 0.6 is 0 Å². The molecular formula is C16H26N2O. The van der Waals surface area contributed by atoms with Gasteiger partial charge in [-0.15, -0.1) is 6.58 Å². The van der Waals surface area contributed by atoms with E-state index in [1.165, 1.54) is 32.1 Å². The number of nitrogens with zero attached hydrogens (tertiary/aromatic N) is 1. The van der Waals surface area contributed by atoms with E-state index >= 15 is 0 Å². The van der Waals surface area contributed by atoms with E-state index in [1.807, 2.05) is 7.05 Å². The standard InChI is InChI=1S/C16H26N2O/c1-3-4-17-10-15(19)18(2)16-13-6-11-5-12(8-13)9-14(16)7-11/h3,11-14,16-17H,1,4-10H2,2H3. The normalized spacial score (nSPS) is 39.3. The molecule has 0 aromatic heterocycles. The molecule has 1 N–H and O–H groups in total. The molecule has 0 saturated heterocycles. The summed E-state index contributed by atoms with van der Waals surface area (Å²) < 4.78 is 0. The summed E-state index contributed by atoms with van der Waals surface area (Å²) in [5.41, 5.74) is 0. The summed E-state index contributed by atoms with van der Waals surface area (Å²) >= 11 is 0. The third-order valence-corrected chi connectivity index (χ3v) is 5.58. The first-order chi connectivity index (χ1) is 9.19. The average molecular weight is 262 g/mol. The van der Waals surface area contributed by atoms with Gasteiger partial charge in [0.1, 0.15) is 0 Å². The Labute approximate surface area is 116 Å². The van der Waals surface area contributed by atoms with Crippen LogP contribution in [0.1, 0.15) is 32.1 Å². The van der Waals surface area contributed by atoms with Gasteiger partial charge in [-0.3, -0.25) is 4.79 Å². The zero-order chi connectivity index (χ0) is 13.4. The maximum Gasteiger partial charge on any atom is 0.236 e. The lowest BCUT2D eigenvalue weighted by atomic mass is 9.54. The van der Waals surface area contributed by atoms with Gasteiger partial charge in [0.05, 0.1) is 6.54 Å². The fourth-order valence-electron chi connectivity index (χ4n) is 5.10. The Morgan fingerprint density at radius 3 is 2.32 bits per heavy atom. The fourth-order valence-corrected chi connectivity index (χ4v) is 5.10. The molecule has 0 aliphatic heterocycles. The molecule has 4 rings (SSSR count). The van der Waals surface area contributed by atoms with Crippen molar-refractivity contribution < 1.29 is 4.79 Å². The van der Waals surface area contributed by atoms with E-state index < -0.39 is 0 Å². The Bertz CT molecular complexity index is 338. The summed E-state index contributed by atoms with van der Waals surface area (Å²) in [6.45, 7) is 4.82. The second-order valence-corrected chi connectivity index (χ2v) is 6.85. The molecule has 4 bridgehead atoms. The Morgan fingerprint density at radius 2 is 1.79 bits per heavy atom. The van der Waals surface area contributed by atoms with E-state index in [2.05, 4.69) is 16.8 Å². The smallest absolute Gasteiger partial charge is 0.236 e. The topological polar surface area (TPSA) is 32.3 Å². The number of likely N-dealkylation sites (N-methyl/N-ethyl adjacent to an activating group) is 1. The second-order valence-electron chi connectivity index (χ2n) is 6.85. The summed E-state index contributed by atoms with van der Waals surface area (Å²) in [4.78, 5) is 14.3. The second kappa shape index (κ2) is 5.28. The summed E-state index contributed by atoms with van der Waals surface area (Å²) in [6.07, 6.45) is 8.75. The SMILES string of the molecule is C=CCNCC(=O)N(C)C1C2CC3CC(C2)CC1C3. The van der Waals surface area contributed by atoms with Crippen molar-refractivity contribution in [3.63, 3.8) is 0 Å². The zero-order valence-corrected chi connectivity index (χ0v) is 12.0. The number of rotatable bonds is 5. The monoisotopic (exact) mass is 262 g/mol. The molecular weight excluding hydrogens is 236 g/mol. The maximum atomic E-state index is 12.3. The first-order valence-electron chi connectivity index (χ1n) is 7.76. The molecule has 19 heavy (non-hydrogen) atoms. The number of hydrogen-bond donors (Lipinski definition) is 1. The molecule has 3 heteroatoms. The number of nitrogens with one attached hydrogen (secondary N) is 1. The molecule has 1 amide bonds. The van der Waals surface area contributed by atoms with Crippen LogP contribution in [-0.2, 0) is 4.79 Å². The average Bonchev–Trinajstić information content (AvgIpc) is 2.37. The van der Waals surface area contributed by atoms with Crippen molar-refractivity contribution >= 4 is 5.91 Å². The van der Waals surface area contributed by atoms with Crippen molar-refractivity contribution in [3.8, 4) is 0 Å². The maximum absolute atomic E-state index is 12.3. The van der Waals surface area contributed by atoms with Crippen molar-refractivity contribution in [1.82, 2.24) is 10.2 Å².